The van der Waals surface area contributed by atoms with Crippen LogP contribution in [0.5, 0.6) is 0 Å². The summed E-state index contributed by atoms with van der Waals surface area (Å²) in [6.07, 6.45) is 1.38. The van der Waals surface area contributed by atoms with Gasteiger partial charge in [0, 0.05) is 20.6 Å². The van der Waals surface area contributed by atoms with E-state index >= 15 is 0 Å². The average molecular weight is 266 g/mol. The van der Waals surface area contributed by atoms with Crippen molar-refractivity contribution in [3.63, 3.8) is 0 Å². The molecule has 19 heavy (non-hydrogen) atoms. The van der Waals surface area contributed by atoms with Gasteiger partial charge in [0.05, 0.1) is 18.4 Å². The van der Waals surface area contributed by atoms with E-state index in [1.54, 1.807) is 19.0 Å². The molecule has 1 aromatic heterocycles. The summed E-state index contributed by atoms with van der Waals surface area (Å²) >= 11 is 0. The zero-order chi connectivity index (χ0) is 14.6. The average Bonchev–Trinajstić information content (AvgIpc) is 2.35. The topological polar surface area (TPSA) is 99.8 Å². The summed E-state index contributed by atoms with van der Waals surface area (Å²) in [5.74, 6) is -0.998. The van der Waals surface area contributed by atoms with Crippen molar-refractivity contribution in [1.82, 2.24) is 9.88 Å². The molecule has 1 aromatic rings. The number of carbonyl (C=O) groups excluding carboxylic acids is 1. The Hall–Kier alpha value is -2.31. The lowest BCUT2D eigenvalue weighted by Crippen LogP contribution is -2.37. The van der Waals surface area contributed by atoms with Crippen molar-refractivity contribution < 1.29 is 14.7 Å². The quantitative estimate of drug-likeness (QED) is 0.794. The third kappa shape index (κ3) is 3.57. The lowest BCUT2D eigenvalue weighted by molar-refractivity contribution is -0.127. The lowest BCUT2D eigenvalue weighted by atomic mass is 10.2. The van der Waals surface area contributed by atoms with Crippen molar-refractivity contribution in [1.29, 1.82) is 0 Å². The fraction of sp³-hybridized carbons (Fsp3) is 0.417. The van der Waals surface area contributed by atoms with E-state index in [-0.39, 0.29) is 29.5 Å². The van der Waals surface area contributed by atoms with Crippen LogP contribution in [-0.4, -0.2) is 54.1 Å². The number of likely N-dealkylation sites (N-methyl/N-ethyl adjacent to an activating group) is 2. The molecule has 1 heterocycles. The Balaban J connectivity index is 3.11. The number of aromatic nitrogens is 1. The number of pyridine rings is 1. The first kappa shape index (κ1) is 14.7. The summed E-state index contributed by atoms with van der Waals surface area (Å²) in [5, 5.41) is 9.16. The number of hydrogen-bond acceptors (Lipinski definition) is 5. The Kier molecular flexibility index (Phi) is 4.68. The number of carboxylic acid groups (broad SMARTS) is 1. The molecule has 7 nitrogen and oxygen atoms in total. The van der Waals surface area contributed by atoms with Crippen LogP contribution < -0.4 is 10.6 Å². The van der Waals surface area contributed by atoms with E-state index in [2.05, 4.69) is 4.98 Å². The third-order valence-corrected chi connectivity index (χ3v) is 2.62. The SMILES string of the molecule is CCN(CC(=O)N(C)C)c1ncc(N)cc1C(=O)O. The van der Waals surface area contributed by atoms with Crippen LogP contribution in [0.15, 0.2) is 12.3 Å². The molecule has 0 aliphatic rings. The van der Waals surface area contributed by atoms with Gasteiger partial charge in [0.1, 0.15) is 11.4 Å². The second-order valence-corrected chi connectivity index (χ2v) is 4.25. The van der Waals surface area contributed by atoms with Crippen molar-refractivity contribution in [2.45, 2.75) is 6.92 Å². The summed E-state index contributed by atoms with van der Waals surface area (Å²) in [4.78, 5) is 30.0. The highest BCUT2D eigenvalue weighted by Gasteiger charge is 2.19. The Bertz CT molecular complexity index is 488. The molecule has 0 saturated heterocycles. The zero-order valence-electron chi connectivity index (χ0n) is 11.3. The minimum atomic E-state index is -1.12. The molecule has 1 rings (SSSR count). The molecule has 0 saturated carbocycles. The third-order valence-electron chi connectivity index (χ3n) is 2.62. The maximum atomic E-state index is 11.7. The molecular formula is C12H18N4O3. The molecule has 0 unspecified atom stereocenters. The Morgan fingerprint density at radius 1 is 1.42 bits per heavy atom. The van der Waals surface area contributed by atoms with E-state index in [0.29, 0.717) is 6.54 Å². The van der Waals surface area contributed by atoms with Crippen LogP contribution in [0.4, 0.5) is 11.5 Å². The molecule has 1 amide bonds. The molecule has 7 heteroatoms. The predicted molar refractivity (Wildman–Crippen MR) is 72.2 cm³/mol. The zero-order valence-corrected chi connectivity index (χ0v) is 11.3. The predicted octanol–water partition coefficient (Wildman–Crippen LogP) is 0.277. The number of rotatable bonds is 5. The smallest absolute Gasteiger partial charge is 0.339 e. The Morgan fingerprint density at radius 2 is 2.05 bits per heavy atom. The number of nitrogens with zero attached hydrogens (tertiary/aromatic N) is 3. The van der Waals surface area contributed by atoms with Gasteiger partial charge in [-0.05, 0) is 13.0 Å². The van der Waals surface area contributed by atoms with Crippen molar-refractivity contribution in [2.75, 3.05) is 37.8 Å². The molecule has 3 N–H and O–H groups in total. The van der Waals surface area contributed by atoms with Crippen LogP contribution in [0.1, 0.15) is 17.3 Å². The summed E-state index contributed by atoms with van der Waals surface area (Å²) in [6, 6.07) is 1.34. The van der Waals surface area contributed by atoms with Gasteiger partial charge < -0.3 is 20.6 Å². The summed E-state index contributed by atoms with van der Waals surface area (Å²) in [5.41, 5.74) is 5.80. The number of nitrogens with two attached hydrogens (primary N) is 1. The number of nitrogen functional groups attached to an aromatic ring is 1. The van der Waals surface area contributed by atoms with Crippen molar-refractivity contribution in [2.24, 2.45) is 0 Å². The molecule has 0 aromatic carbocycles. The van der Waals surface area contributed by atoms with E-state index in [4.69, 9.17) is 10.8 Å². The van der Waals surface area contributed by atoms with Gasteiger partial charge in [-0.15, -0.1) is 0 Å². The molecule has 0 aliphatic heterocycles. The normalized spacial score (nSPS) is 10.1. The van der Waals surface area contributed by atoms with Crippen LogP contribution in [0.3, 0.4) is 0 Å². The number of anilines is 2. The maximum Gasteiger partial charge on any atom is 0.339 e. The van der Waals surface area contributed by atoms with E-state index in [0.717, 1.165) is 0 Å². The molecule has 0 atom stereocenters. The van der Waals surface area contributed by atoms with Crippen LogP contribution in [-0.2, 0) is 4.79 Å². The highest BCUT2D eigenvalue weighted by atomic mass is 16.4. The monoisotopic (exact) mass is 266 g/mol. The number of carbonyl (C=O) groups is 2. The number of amides is 1. The van der Waals surface area contributed by atoms with Crippen molar-refractivity contribution in [3.8, 4) is 0 Å². The molecular weight excluding hydrogens is 248 g/mol. The second-order valence-electron chi connectivity index (χ2n) is 4.25. The van der Waals surface area contributed by atoms with Crippen LogP contribution in [0, 0.1) is 0 Å². The molecule has 104 valence electrons. The maximum absolute atomic E-state index is 11.7. The minimum absolute atomic E-state index is 0.00611. The van der Waals surface area contributed by atoms with Crippen LogP contribution in [0.25, 0.3) is 0 Å². The first-order valence-electron chi connectivity index (χ1n) is 5.80. The largest absolute Gasteiger partial charge is 0.478 e. The summed E-state index contributed by atoms with van der Waals surface area (Å²) < 4.78 is 0. The second kappa shape index (κ2) is 6.03. The summed E-state index contributed by atoms with van der Waals surface area (Å²) in [7, 11) is 3.29. The van der Waals surface area contributed by atoms with Gasteiger partial charge in [-0.2, -0.15) is 0 Å². The van der Waals surface area contributed by atoms with Crippen LogP contribution in [0.2, 0.25) is 0 Å². The first-order valence-corrected chi connectivity index (χ1v) is 5.80. The van der Waals surface area contributed by atoms with Crippen molar-refractivity contribution >= 4 is 23.4 Å². The Labute approximate surface area is 111 Å². The fourth-order valence-corrected chi connectivity index (χ4v) is 1.52. The molecule has 0 radical (unpaired) electrons. The molecule has 0 fully saturated rings. The fourth-order valence-electron chi connectivity index (χ4n) is 1.52. The molecule has 0 bridgehead atoms. The lowest BCUT2D eigenvalue weighted by Gasteiger charge is -2.24. The number of carboxylic acids is 1. The van der Waals surface area contributed by atoms with Crippen LogP contribution >= 0.6 is 0 Å². The van der Waals surface area contributed by atoms with Gasteiger partial charge >= 0.3 is 5.97 Å². The Morgan fingerprint density at radius 3 is 2.53 bits per heavy atom. The number of hydrogen-bond donors (Lipinski definition) is 2. The van der Waals surface area contributed by atoms with E-state index in [9.17, 15) is 9.59 Å². The van der Waals surface area contributed by atoms with Gasteiger partial charge in [-0.1, -0.05) is 0 Å². The standard InChI is InChI=1S/C12H18N4O3/c1-4-16(7-10(17)15(2)3)11-9(12(18)19)5-8(13)6-14-11/h5-6H,4,7,13H2,1-3H3,(H,18,19). The van der Waals surface area contributed by atoms with Gasteiger partial charge in [0.25, 0.3) is 0 Å². The van der Waals surface area contributed by atoms with Gasteiger partial charge in [-0.25, -0.2) is 9.78 Å². The highest BCUT2D eigenvalue weighted by Crippen LogP contribution is 2.20. The van der Waals surface area contributed by atoms with Crippen molar-refractivity contribution in [3.05, 3.63) is 17.8 Å². The molecule has 0 aliphatic carbocycles. The number of aromatic carboxylic acids is 1. The van der Waals surface area contributed by atoms with Gasteiger partial charge in [0.15, 0.2) is 0 Å². The van der Waals surface area contributed by atoms with E-state index < -0.39 is 5.97 Å². The van der Waals surface area contributed by atoms with E-state index in [1.807, 2.05) is 6.92 Å². The van der Waals surface area contributed by atoms with E-state index in [1.165, 1.54) is 17.2 Å². The van der Waals surface area contributed by atoms with Gasteiger partial charge in [-0.3, -0.25) is 4.79 Å². The minimum Gasteiger partial charge on any atom is -0.478 e. The molecule has 0 spiro atoms. The summed E-state index contributed by atoms with van der Waals surface area (Å²) in [6.45, 7) is 2.37. The highest BCUT2D eigenvalue weighted by molar-refractivity contribution is 5.95. The first-order chi connectivity index (χ1) is 8.86. The van der Waals surface area contributed by atoms with Gasteiger partial charge in [0.2, 0.25) is 5.91 Å².